The highest BCUT2D eigenvalue weighted by Gasteiger charge is 1.92. The monoisotopic (exact) mass is 150 g/mol. The second-order valence-electron chi connectivity index (χ2n) is 2.18. The molecule has 3 heteroatoms. The van der Waals surface area contributed by atoms with E-state index in [0.717, 1.165) is 16.3 Å². The maximum Gasteiger partial charge on any atom is 0.137 e. The van der Waals surface area contributed by atoms with Crippen LogP contribution < -0.4 is 5.30 Å². The number of rotatable bonds is 0. The molecule has 0 bridgehead atoms. The van der Waals surface area contributed by atoms with Gasteiger partial charge in [-0.1, -0.05) is 0 Å². The molecule has 0 aliphatic heterocycles. The van der Waals surface area contributed by atoms with Crippen molar-refractivity contribution in [2.75, 3.05) is 0 Å². The zero-order valence-electron chi connectivity index (χ0n) is 5.33. The summed E-state index contributed by atoms with van der Waals surface area (Å²) in [4.78, 5) is 7.19. The van der Waals surface area contributed by atoms with E-state index in [4.69, 9.17) is 0 Å². The van der Waals surface area contributed by atoms with Gasteiger partial charge in [0, 0.05) is 17.8 Å². The molecule has 2 aromatic heterocycles. The van der Waals surface area contributed by atoms with Crippen molar-refractivity contribution in [1.82, 2.24) is 9.97 Å². The van der Waals surface area contributed by atoms with E-state index in [0.29, 0.717) is 0 Å². The molecule has 50 valence electrons. The second kappa shape index (κ2) is 2.06. The maximum absolute atomic E-state index is 4.16. The van der Waals surface area contributed by atoms with E-state index in [1.165, 1.54) is 0 Å². The molecule has 1 atom stereocenters. The fourth-order valence-corrected chi connectivity index (χ4v) is 1.21. The van der Waals surface area contributed by atoms with Gasteiger partial charge in [0.25, 0.3) is 0 Å². The van der Waals surface area contributed by atoms with Crippen LogP contribution in [-0.2, 0) is 0 Å². The van der Waals surface area contributed by atoms with Gasteiger partial charge in [-0.25, -0.2) is 4.98 Å². The molecule has 10 heavy (non-hydrogen) atoms. The van der Waals surface area contributed by atoms with E-state index >= 15 is 0 Å². The van der Waals surface area contributed by atoms with Gasteiger partial charge in [0.2, 0.25) is 0 Å². The summed E-state index contributed by atoms with van der Waals surface area (Å²) in [5, 5.41) is 2.28. The summed E-state index contributed by atoms with van der Waals surface area (Å²) in [5.74, 6) is 0. The summed E-state index contributed by atoms with van der Waals surface area (Å²) >= 11 is 0. The van der Waals surface area contributed by atoms with Crippen molar-refractivity contribution in [3.8, 4) is 0 Å². The molecule has 0 fully saturated rings. The van der Waals surface area contributed by atoms with Gasteiger partial charge in [0.1, 0.15) is 5.65 Å². The van der Waals surface area contributed by atoms with E-state index in [1.54, 1.807) is 0 Å². The molecular formula is C7H7N2P. The molecular weight excluding hydrogens is 143 g/mol. The summed E-state index contributed by atoms with van der Waals surface area (Å²) in [7, 11) is 2.62. The van der Waals surface area contributed by atoms with Crippen molar-refractivity contribution in [1.29, 1.82) is 0 Å². The first-order valence-corrected chi connectivity index (χ1v) is 3.62. The highest BCUT2D eigenvalue weighted by atomic mass is 31.0. The zero-order valence-corrected chi connectivity index (χ0v) is 6.49. The molecule has 2 nitrogen and oxygen atoms in total. The van der Waals surface area contributed by atoms with Crippen LogP contribution in [0.4, 0.5) is 0 Å². The Kier molecular flexibility index (Phi) is 1.21. The molecule has 2 aromatic rings. The molecule has 0 aliphatic carbocycles. The maximum atomic E-state index is 4.16. The van der Waals surface area contributed by atoms with Crippen molar-refractivity contribution in [2.45, 2.75) is 0 Å². The van der Waals surface area contributed by atoms with Crippen LogP contribution in [0, 0.1) is 0 Å². The van der Waals surface area contributed by atoms with Crippen molar-refractivity contribution >= 4 is 25.6 Å². The number of nitrogens with zero attached hydrogens (tertiary/aromatic N) is 1. The number of pyridine rings is 1. The molecule has 1 unspecified atom stereocenters. The Balaban J connectivity index is 2.86. The van der Waals surface area contributed by atoms with Crippen LogP contribution in [0.15, 0.2) is 24.5 Å². The third kappa shape index (κ3) is 0.812. The predicted molar refractivity (Wildman–Crippen MR) is 45.4 cm³/mol. The van der Waals surface area contributed by atoms with Crippen LogP contribution in [0.2, 0.25) is 0 Å². The third-order valence-corrected chi connectivity index (χ3v) is 1.74. The van der Waals surface area contributed by atoms with Gasteiger partial charge in [-0.3, -0.25) is 0 Å². The number of H-pyrrole nitrogens is 1. The van der Waals surface area contributed by atoms with Crippen LogP contribution in [0.5, 0.6) is 0 Å². The molecule has 0 radical (unpaired) electrons. The zero-order chi connectivity index (χ0) is 6.97. The molecule has 2 heterocycles. The minimum atomic E-state index is 0.950. The van der Waals surface area contributed by atoms with E-state index in [2.05, 4.69) is 25.3 Å². The number of aromatic nitrogens is 2. The lowest BCUT2D eigenvalue weighted by Gasteiger charge is -1.89. The van der Waals surface area contributed by atoms with Gasteiger partial charge in [-0.2, -0.15) is 0 Å². The summed E-state index contributed by atoms with van der Waals surface area (Å²) in [6.45, 7) is 0. The number of hydrogen-bond acceptors (Lipinski definition) is 1. The smallest absolute Gasteiger partial charge is 0.137 e. The lowest BCUT2D eigenvalue weighted by molar-refractivity contribution is 1.34. The summed E-state index contributed by atoms with van der Waals surface area (Å²) in [6.07, 6.45) is 3.71. The molecule has 0 aromatic carbocycles. The van der Waals surface area contributed by atoms with Crippen molar-refractivity contribution in [3.05, 3.63) is 24.5 Å². The second-order valence-corrected chi connectivity index (χ2v) is 2.85. The molecule has 2 rings (SSSR count). The normalized spacial score (nSPS) is 10.5. The Morgan fingerprint density at radius 2 is 2.40 bits per heavy atom. The molecule has 0 spiro atoms. The van der Waals surface area contributed by atoms with Gasteiger partial charge in [-0.15, -0.1) is 9.24 Å². The van der Waals surface area contributed by atoms with E-state index in [-0.39, 0.29) is 0 Å². The highest BCUT2D eigenvalue weighted by molar-refractivity contribution is 7.27. The van der Waals surface area contributed by atoms with Crippen LogP contribution >= 0.6 is 9.24 Å². The Morgan fingerprint density at radius 1 is 1.50 bits per heavy atom. The van der Waals surface area contributed by atoms with Crippen LogP contribution in [-0.4, -0.2) is 9.97 Å². The fraction of sp³-hybridized carbons (Fsp3) is 0. The quantitative estimate of drug-likeness (QED) is 0.559. The topological polar surface area (TPSA) is 28.7 Å². The lowest BCUT2D eigenvalue weighted by Crippen LogP contribution is -1.89. The van der Waals surface area contributed by atoms with Crippen LogP contribution in [0.25, 0.3) is 11.0 Å². The predicted octanol–water partition coefficient (Wildman–Crippen LogP) is 1.06. The summed E-state index contributed by atoms with van der Waals surface area (Å²) in [5.41, 5.74) is 0.950. The van der Waals surface area contributed by atoms with E-state index in [1.807, 2.05) is 18.5 Å². The van der Waals surface area contributed by atoms with Gasteiger partial charge >= 0.3 is 0 Å². The minimum absolute atomic E-state index is 0.950. The highest BCUT2D eigenvalue weighted by Crippen LogP contribution is 2.06. The Hall–Kier alpha value is -0.880. The first-order valence-electron chi connectivity index (χ1n) is 3.05. The standard InChI is InChI=1S/C7H7N2P/c10-6-3-5-1-2-8-7(5)9-4-6/h1-4H,10H2,(H,8,9). The van der Waals surface area contributed by atoms with Crippen molar-refractivity contribution in [2.24, 2.45) is 0 Å². The van der Waals surface area contributed by atoms with E-state index in [9.17, 15) is 0 Å². The van der Waals surface area contributed by atoms with Gasteiger partial charge in [0.15, 0.2) is 0 Å². The average molecular weight is 150 g/mol. The van der Waals surface area contributed by atoms with Crippen molar-refractivity contribution < 1.29 is 0 Å². The average Bonchev–Trinajstić information content (AvgIpc) is 2.33. The molecule has 1 N–H and O–H groups in total. The minimum Gasteiger partial charge on any atom is -0.346 e. The summed E-state index contributed by atoms with van der Waals surface area (Å²) in [6, 6.07) is 4.08. The van der Waals surface area contributed by atoms with Gasteiger partial charge < -0.3 is 4.98 Å². The Morgan fingerprint density at radius 3 is 3.30 bits per heavy atom. The van der Waals surface area contributed by atoms with E-state index < -0.39 is 0 Å². The first-order chi connectivity index (χ1) is 4.86. The van der Waals surface area contributed by atoms with Gasteiger partial charge in [-0.05, 0) is 17.4 Å². The third-order valence-electron chi connectivity index (χ3n) is 1.42. The summed E-state index contributed by atoms with van der Waals surface area (Å²) < 4.78 is 0. The molecule has 0 saturated carbocycles. The SMILES string of the molecule is Pc1cnc2[nH]ccc2c1. The number of nitrogens with one attached hydrogen (secondary N) is 1. The first kappa shape index (κ1) is 5.87. The number of hydrogen-bond donors (Lipinski definition) is 1. The van der Waals surface area contributed by atoms with Crippen molar-refractivity contribution in [3.63, 3.8) is 0 Å². The fourth-order valence-electron chi connectivity index (χ4n) is 0.957. The molecule has 0 amide bonds. The molecule has 0 aliphatic rings. The Labute approximate surface area is 60.9 Å². The largest absolute Gasteiger partial charge is 0.346 e. The van der Waals surface area contributed by atoms with Crippen LogP contribution in [0.1, 0.15) is 0 Å². The lowest BCUT2D eigenvalue weighted by atomic mass is 10.3. The number of fused-ring (bicyclic) bond motifs is 1. The Bertz CT molecular complexity index is 353. The van der Waals surface area contributed by atoms with Crippen LogP contribution in [0.3, 0.4) is 0 Å². The number of aromatic amines is 1. The van der Waals surface area contributed by atoms with Gasteiger partial charge in [0.05, 0.1) is 0 Å². The molecule has 0 saturated heterocycles.